The van der Waals surface area contributed by atoms with E-state index in [1.165, 1.54) is 24.8 Å². The van der Waals surface area contributed by atoms with Crippen LogP contribution in [0.5, 0.6) is 0 Å². The summed E-state index contributed by atoms with van der Waals surface area (Å²) in [6.45, 7) is 0. The first-order chi connectivity index (χ1) is 15.3. The molecule has 8 N–H and O–H groups in total. The Morgan fingerprint density at radius 2 is 0.969 bits per heavy atom. The molecule has 0 bridgehead atoms. The van der Waals surface area contributed by atoms with E-state index in [4.69, 9.17) is 21.9 Å². The first-order valence-electron chi connectivity index (χ1n) is 9.57. The molecule has 2 aromatic rings. The Balaban J connectivity index is 0.000000452. The molecule has 12 nitrogen and oxygen atoms in total. The molecule has 12 heteroatoms. The lowest BCUT2D eigenvalue weighted by molar-refractivity contribution is -0.138. The van der Waals surface area contributed by atoms with E-state index in [1.54, 1.807) is 24.3 Å². The predicted octanol–water partition coefficient (Wildman–Crippen LogP) is 0.866. The van der Waals surface area contributed by atoms with Crippen molar-refractivity contribution in [3.8, 4) is 0 Å². The minimum Gasteiger partial charge on any atom is -0.481 e. The van der Waals surface area contributed by atoms with Crippen molar-refractivity contribution in [1.82, 2.24) is 20.8 Å². The van der Waals surface area contributed by atoms with Gasteiger partial charge in [-0.15, -0.1) is 0 Å². The molecular formula is C20H28N6O6. The summed E-state index contributed by atoms with van der Waals surface area (Å²) in [7, 11) is 0. The van der Waals surface area contributed by atoms with Crippen molar-refractivity contribution in [3.63, 3.8) is 0 Å². The maximum Gasteiger partial charge on any atom is 0.303 e. The molecular weight excluding hydrogens is 420 g/mol. The number of aromatic nitrogens is 2. The molecule has 0 aliphatic carbocycles. The van der Waals surface area contributed by atoms with Crippen molar-refractivity contribution in [2.24, 2.45) is 11.7 Å². The van der Waals surface area contributed by atoms with Gasteiger partial charge in [0.2, 0.25) is 0 Å². The number of hydrogen-bond acceptors (Lipinski definition) is 8. The van der Waals surface area contributed by atoms with Crippen molar-refractivity contribution < 1.29 is 29.4 Å². The number of rotatable bonds is 9. The highest BCUT2D eigenvalue weighted by Gasteiger charge is 2.00. The standard InChI is InChI=1S/C8H14O4.2C6H7N3O/c9-7(10)5-3-1-2-4-6-8(11)12;2*7-9-6(10)5-1-3-8-4-2-5/h1-6H2,(H,9,10)(H,11,12);2*1-4H,7H2,(H,9,10). The zero-order valence-corrected chi connectivity index (χ0v) is 17.4. The number of carbonyl (C=O) groups is 4. The highest BCUT2D eigenvalue weighted by Crippen LogP contribution is 2.05. The number of nitrogens with one attached hydrogen (secondary N) is 2. The molecule has 0 fully saturated rings. The van der Waals surface area contributed by atoms with Crippen LogP contribution >= 0.6 is 0 Å². The first kappa shape index (κ1) is 28.1. The number of hydrazine groups is 2. The van der Waals surface area contributed by atoms with Gasteiger partial charge in [-0.2, -0.15) is 0 Å². The third kappa shape index (κ3) is 15.0. The zero-order valence-electron chi connectivity index (χ0n) is 17.4. The van der Waals surface area contributed by atoms with Crippen LogP contribution in [-0.4, -0.2) is 43.9 Å². The molecule has 2 rings (SSSR count). The summed E-state index contributed by atoms with van der Waals surface area (Å²) in [5.41, 5.74) is 5.05. The average molecular weight is 448 g/mol. The van der Waals surface area contributed by atoms with Gasteiger partial charge in [0.25, 0.3) is 11.8 Å². The van der Waals surface area contributed by atoms with Crippen LogP contribution in [0.15, 0.2) is 49.1 Å². The third-order valence-corrected chi connectivity index (χ3v) is 3.68. The summed E-state index contributed by atoms with van der Waals surface area (Å²) in [5.74, 6) is 7.59. The van der Waals surface area contributed by atoms with E-state index < -0.39 is 11.9 Å². The number of carbonyl (C=O) groups excluding carboxylic acids is 2. The summed E-state index contributed by atoms with van der Waals surface area (Å²) in [6, 6.07) is 6.34. The van der Waals surface area contributed by atoms with Gasteiger partial charge >= 0.3 is 11.9 Å². The Labute approximate surface area is 185 Å². The van der Waals surface area contributed by atoms with Gasteiger partial charge < -0.3 is 10.2 Å². The van der Waals surface area contributed by atoms with E-state index >= 15 is 0 Å². The summed E-state index contributed by atoms with van der Waals surface area (Å²) < 4.78 is 0. The van der Waals surface area contributed by atoms with Gasteiger partial charge in [-0.1, -0.05) is 12.8 Å². The third-order valence-electron chi connectivity index (χ3n) is 3.68. The molecule has 0 aromatic carbocycles. The number of hydrogen-bond donors (Lipinski definition) is 6. The smallest absolute Gasteiger partial charge is 0.303 e. The molecule has 0 saturated carbocycles. The molecule has 2 heterocycles. The minimum absolute atomic E-state index is 0.188. The zero-order chi connectivity index (χ0) is 24.2. The van der Waals surface area contributed by atoms with E-state index in [1.807, 2.05) is 10.9 Å². The second-order valence-corrected chi connectivity index (χ2v) is 6.12. The highest BCUT2D eigenvalue weighted by atomic mass is 16.4. The maximum atomic E-state index is 10.7. The fraction of sp³-hybridized carbons (Fsp3) is 0.300. The second kappa shape index (κ2) is 17.9. The number of unbranched alkanes of at least 4 members (excludes halogenated alkanes) is 3. The quantitative estimate of drug-likeness (QED) is 0.138. The second-order valence-electron chi connectivity index (χ2n) is 6.12. The van der Waals surface area contributed by atoms with Crippen LogP contribution in [-0.2, 0) is 9.59 Å². The summed E-state index contributed by atoms with van der Waals surface area (Å²) in [6.07, 6.45) is 9.41. The highest BCUT2D eigenvalue weighted by molar-refractivity contribution is 5.93. The molecule has 0 atom stereocenters. The van der Waals surface area contributed by atoms with Crippen LogP contribution in [0.4, 0.5) is 0 Å². The van der Waals surface area contributed by atoms with Crippen LogP contribution < -0.4 is 22.5 Å². The molecule has 0 unspecified atom stereocenters. The number of nitrogens with two attached hydrogens (primary N) is 2. The summed E-state index contributed by atoms with van der Waals surface area (Å²) >= 11 is 0. The first-order valence-corrected chi connectivity index (χ1v) is 9.57. The summed E-state index contributed by atoms with van der Waals surface area (Å²) in [5, 5.41) is 16.5. The Morgan fingerprint density at radius 3 is 1.22 bits per heavy atom. The van der Waals surface area contributed by atoms with Gasteiger partial charge in [-0.05, 0) is 37.1 Å². The normalized spacial score (nSPS) is 9.19. The van der Waals surface area contributed by atoms with E-state index in [-0.39, 0.29) is 24.7 Å². The van der Waals surface area contributed by atoms with Gasteiger partial charge in [0.1, 0.15) is 0 Å². The van der Waals surface area contributed by atoms with Crippen molar-refractivity contribution in [3.05, 3.63) is 60.2 Å². The fourth-order valence-electron chi connectivity index (χ4n) is 2.08. The molecule has 0 saturated heterocycles. The van der Waals surface area contributed by atoms with Crippen molar-refractivity contribution in [2.45, 2.75) is 38.5 Å². The lowest BCUT2D eigenvalue weighted by atomic mass is 10.1. The van der Waals surface area contributed by atoms with Crippen molar-refractivity contribution >= 4 is 23.8 Å². The predicted molar refractivity (Wildman–Crippen MR) is 115 cm³/mol. The number of amides is 2. The molecule has 0 aliphatic heterocycles. The molecule has 174 valence electrons. The van der Waals surface area contributed by atoms with Gasteiger partial charge in [0.15, 0.2) is 0 Å². The van der Waals surface area contributed by atoms with Gasteiger partial charge in [-0.25, -0.2) is 11.7 Å². The van der Waals surface area contributed by atoms with E-state index in [9.17, 15) is 19.2 Å². The number of nitrogens with zero attached hydrogens (tertiary/aromatic N) is 2. The molecule has 0 aliphatic rings. The SMILES string of the molecule is NNC(=O)c1ccncc1.NNC(=O)c1ccncc1.O=C(O)CCCCCCC(=O)O. The monoisotopic (exact) mass is 448 g/mol. The molecule has 2 amide bonds. The number of nitrogen functional groups attached to an aromatic ring is 2. The number of pyridine rings is 2. The molecule has 0 radical (unpaired) electrons. The Kier molecular flexibility index (Phi) is 15.7. The van der Waals surface area contributed by atoms with Crippen LogP contribution in [0.2, 0.25) is 0 Å². The van der Waals surface area contributed by atoms with Crippen LogP contribution in [0.25, 0.3) is 0 Å². The maximum absolute atomic E-state index is 10.7. The largest absolute Gasteiger partial charge is 0.481 e. The van der Waals surface area contributed by atoms with E-state index in [0.29, 0.717) is 24.0 Å². The minimum atomic E-state index is -0.784. The van der Waals surface area contributed by atoms with Crippen LogP contribution in [0.1, 0.15) is 59.2 Å². The Bertz CT molecular complexity index is 750. The number of aliphatic carboxylic acids is 2. The molecule has 2 aromatic heterocycles. The number of carboxylic acid groups (broad SMARTS) is 2. The van der Waals surface area contributed by atoms with E-state index in [2.05, 4.69) is 9.97 Å². The van der Waals surface area contributed by atoms with E-state index in [0.717, 1.165) is 12.8 Å². The van der Waals surface area contributed by atoms with Gasteiger partial charge in [0.05, 0.1) is 0 Å². The fourth-order valence-corrected chi connectivity index (χ4v) is 2.08. The van der Waals surface area contributed by atoms with Crippen molar-refractivity contribution in [1.29, 1.82) is 0 Å². The van der Waals surface area contributed by atoms with Gasteiger partial charge in [0, 0.05) is 48.8 Å². The van der Waals surface area contributed by atoms with Crippen LogP contribution in [0.3, 0.4) is 0 Å². The lowest BCUT2D eigenvalue weighted by Crippen LogP contribution is -2.29. The van der Waals surface area contributed by atoms with Gasteiger partial charge in [-0.3, -0.25) is 40.0 Å². The average Bonchev–Trinajstić information content (AvgIpc) is 2.82. The molecule has 0 spiro atoms. The Morgan fingerprint density at radius 1 is 0.656 bits per heavy atom. The summed E-state index contributed by atoms with van der Waals surface area (Å²) in [4.78, 5) is 49.1. The topological polar surface area (TPSA) is 211 Å². The Hall–Kier alpha value is -3.90. The van der Waals surface area contributed by atoms with Crippen LogP contribution in [0, 0.1) is 0 Å². The lowest BCUT2D eigenvalue weighted by Gasteiger charge is -1.96. The molecule has 32 heavy (non-hydrogen) atoms. The van der Waals surface area contributed by atoms with Crippen molar-refractivity contribution in [2.75, 3.05) is 0 Å². The number of carboxylic acids is 2.